The second kappa shape index (κ2) is 5.68. The number of nitrogens with zero attached hydrogens (tertiary/aromatic N) is 1. The van der Waals surface area contributed by atoms with Crippen LogP contribution in [0.1, 0.15) is 18.5 Å². The predicted molar refractivity (Wildman–Crippen MR) is 69.3 cm³/mol. The lowest BCUT2D eigenvalue weighted by molar-refractivity contribution is 0.269. The first-order valence-electron chi connectivity index (χ1n) is 4.81. The van der Waals surface area contributed by atoms with Crippen LogP contribution in [-0.2, 0) is 0 Å². The topological polar surface area (TPSA) is 29.3 Å². The first-order chi connectivity index (χ1) is 6.65. The van der Waals surface area contributed by atoms with Gasteiger partial charge in [-0.25, -0.2) is 0 Å². The van der Waals surface area contributed by atoms with E-state index in [9.17, 15) is 0 Å². The number of halogens is 1. The number of rotatable bonds is 4. The molecular formula is C11H17IN2. The smallest absolute Gasteiger partial charge is 0.0317 e. The van der Waals surface area contributed by atoms with Crippen LogP contribution in [0.25, 0.3) is 0 Å². The molecule has 0 amide bonds. The molecule has 1 rings (SSSR count). The standard InChI is InChI=1S/C11H17IN2/c1-9(14(2)8-7-13)10-3-5-11(12)6-4-10/h3-6,9H,7-8,13H2,1-2H3. The largest absolute Gasteiger partial charge is 0.329 e. The third-order valence-corrected chi connectivity index (χ3v) is 3.21. The fraction of sp³-hybridized carbons (Fsp3) is 0.455. The summed E-state index contributed by atoms with van der Waals surface area (Å²) in [6, 6.07) is 9.08. The van der Waals surface area contributed by atoms with E-state index in [0.717, 1.165) is 6.54 Å². The Morgan fingerprint density at radius 2 is 1.93 bits per heavy atom. The van der Waals surface area contributed by atoms with Crippen LogP contribution >= 0.6 is 22.6 Å². The Morgan fingerprint density at radius 1 is 1.36 bits per heavy atom. The van der Waals surface area contributed by atoms with Gasteiger partial charge < -0.3 is 5.73 Å². The van der Waals surface area contributed by atoms with Gasteiger partial charge in [0.25, 0.3) is 0 Å². The molecule has 0 heterocycles. The molecule has 1 aromatic rings. The lowest BCUT2D eigenvalue weighted by Crippen LogP contribution is -2.28. The molecule has 0 aliphatic carbocycles. The van der Waals surface area contributed by atoms with Gasteiger partial charge in [-0.15, -0.1) is 0 Å². The van der Waals surface area contributed by atoms with Crippen LogP contribution in [0.2, 0.25) is 0 Å². The first-order valence-corrected chi connectivity index (χ1v) is 5.89. The Bertz CT molecular complexity index is 271. The number of likely N-dealkylation sites (N-methyl/N-ethyl adjacent to an activating group) is 1. The Balaban J connectivity index is 2.68. The molecule has 78 valence electrons. The maximum Gasteiger partial charge on any atom is 0.0317 e. The number of hydrogen-bond donors (Lipinski definition) is 1. The van der Waals surface area contributed by atoms with Crippen molar-refractivity contribution in [2.45, 2.75) is 13.0 Å². The quantitative estimate of drug-likeness (QED) is 0.865. The molecule has 1 atom stereocenters. The van der Waals surface area contributed by atoms with Crippen LogP contribution in [0.3, 0.4) is 0 Å². The molecule has 14 heavy (non-hydrogen) atoms. The van der Waals surface area contributed by atoms with E-state index in [-0.39, 0.29) is 0 Å². The Labute approximate surface area is 99.6 Å². The number of hydrogen-bond acceptors (Lipinski definition) is 2. The van der Waals surface area contributed by atoms with Gasteiger partial charge in [-0.1, -0.05) is 12.1 Å². The van der Waals surface area contributed by atoms with E-state index in [2.05, 4.69) is 65.7 Å². The summed E-state index contributed by atoms with van der Waals surface area (Å²) in [7, 11) is 2.11. The zero-order valence-electron chi connectivity index (χ0n) is 8.70. The lowest BCUT2D eigenvalue weighted by atomic mass is 10.1. The van der Waals surface area contributed by atoms with Gasteiger partial charge in [-0.3, -0.25) is 4.90 Å². The second-order valence-corrected chi connectivity index (χ2v) is 4.74. The number of benzene rings is 1. The molecule has 1 unspecified atom stereocenters. The Kier molecular flexibility index (Phi) is 4.84. The average Bonchev–Trinajstić information content (AvgIpc) is 2.18. The van der Waals surface area contributed by atoms with Gasteiger partial charge >= 0.3 is 0 Å². The molecule has 0 saturated carbocycles. The van der Waals surface area contributed by atoms with Gasteiger partial charge in [0.2, 0.25) is 0 Å². The van der Waals surface area contributed by atoms with Crippen molar-refractivity contribution in [1.29, 1.82) is 0 Å². The minimum atomic E-state index is 0.440. The van der Waals surface area contributed by atoms with Crippen LogP contribution in [0.4, 0.5) is 0 Å². The van der Waals surface area contributed by atoms with Gasteiger partial charge in [-0.05, 0) is 54.3 Å². The zero-order chi connectivity index (χ0) is 10.6. The summed E-state index contributed by atoms with van der Waals surface area (Å²) >= 11 is 2.32. The van der Waals surface area contributed by atoms with Crippen molar-refractivity contribution in [2.75, 3.05) is 20.1 Å². The second-order valence-electron chi connectivity index (χ2n) is 3.50. The average molecular weight is 304 g/mol. The van der Waals surface area contributed by atoms with Crippen LogP contribution < -0.4 is 5.73 Å². The van der Waals surface area contributed by atoms with Crippen molar-refractivity contribution in [3.8, 4) is 0 Å². The molecule has 2 N–H and O–H groups in total. The van der Waals surface area contributed by atoms with Gasteiger partial charge in [0, 0.05) is 22.7 Å². The zero-order valence-corrected chi connectivity index (χ0v) is 10.9. The maximum absolute atomic E-state index is 5.53. The van der Waals surface area contributed by atoms with Crippen molar-refractivity contribution < 1.29 is 0 Å². The highest BCUT2D eigenvalue weighted by molar-refractivity contribution is 14.1. The molecule has 0 radical (unpaired) electrons. The lowest BCUT2D eigenvalue weighted by Gasteiger charge is -2.24. The number of nitrogens with two attached hydrogens (primary N) is 1. The molecule has 0 bridgehead atoms. The van der Waals surface area contributed by atoms with E-state index < -0.39 is 0 Å². The highest BCUT2D eigenvalue weighted by atomic mass is 127. The summed E-state index contributed by atoms with van der Waals surface area (Å²) in [5.74, 6) is 0. The summed E-state index contributed by atoms with van der Waals surface area (Å²) in [4.78, 5) is 2.27. The summed E-state index contributed by atoms with van der Waals surface area (Å²) in [6.07, 6.45) is 0. The van der Waals surface area contributed by atoms with E-state index in [1.165, 1.54) is 9.13 Å². The highest BCUT2D eigenvalue weighted by Gasteiger charge is 2.09. The summed E-state index contributed by atoms with van der Waals surface area (Å²) in [5, 5.41) is 0. The maximum atomic E-state index is 5.53. The van der Waals surface area contributed by atoms with Crippen molar-refractivity contribution >= 4 is 22.6 Å². The molecule has 0 saturated heterocycles. The Morgan fingerprint density at radius 3 is 2.43 bits per heavy atom. The molecule has 0 aliphatic heterocycles. The van der Waals surface area contributed by atoms with Gasteiger partial charge in [-0.2, -0.15) is 0 Å². The van der Waals surface area contributed by atoms with Gasteiger partial charge in [0.05, 0.1) is 0 Å². The Hall–Kier alpha value is -0.130. The van der Waals surface area contributed by atoms with Gasteiger partial charge in [0.1, 0.15) is 0 Å². The highest BCUT2D eigenvalue weighted by Crippen LogP contribution is 2.19. The monoisotopic (exact) mass is 304 g/mol. The minimum Gasteiger partial charge on any atom is -0.329 e. The molecule has 1 aromatic carbocycles. The van der Waals surface area contributed by atoms with Crippen LogP contribution in [-0.4, -0.2) is 25.0 Å². The van der Waals surface area contributed by atoms with E-state index in [1.54, 1.807) is 0 Å². The van der Waals surface area contributed by atoms with Crippen LogP contribution in [0.15, 0.2) is 24.3 Å². The third kappa shape index (κ3) is 3.22. The van der Waals surface area contributed by atoms with Crippen molar-refractivity contribution in [1.82, 2.24) is 4.90 Å². The fourth-order valence-corrected chi connectivity index (χ4v) is 1.75. The van der Waals surface area contributed by atoms with E-state index in [0.29, 0.717) is 12.6 Å². The fourth-order valence-electron chi connectivity index (χ4n) is 1.39. The minimum absolute atomic E-state index is 0.440. The summed E-state index contributed by atoms with van der Waals surface area (Å²) in [5.41, 5.74) is 6.88. The predicted octanol–water partition coefficient (Wildman–Crippen LogP) is 2.24. The SMILES string of the molecule is CC(c1ccc(I)cc1)N(C)CCN. The van der Waals surface area contributed by atoms with Crippen molar-refractivity contribution in [2.24, 2.45) is 5.73 Å². The van der Waals surface area contributed by atoms with Gasteiger partial charge in [0.15, 0.2) is 0 Å². The third-order valence-electron chi connectivity index (χ3n) is 2.50. The van der Waals surface area contributed by atoms with Crippen molar-refractivity contribution in [3.63, 3.8) is 0 Å². The van der Waals surface area contributed by atoms with E-state index >= 15 is 0 Å². The molecule has 0 spiro atoms. The molecular weight excluding hydrogens is 287 g/mol. The normalized spacial score (nSPS) is 13.2. The van der Waals surface area contributed by atoms with Crippen LogP contribution in [0, 0.1) is 3.57 Å². The van der Waals surface area contributed by atoms with E-state index in [4.69, 9.17) is 5.73 Å². The molecule has 0 fully saturated rings. The molecule has 0 aromatic heterocycles. The molecule has 3 heteroatoms. The summed E-state index contributed by atoms with van der Waals surface area (Å²) < 4.78 is 1.28. The molecule has 2 nitrogen and oxygen atoms in total. The van der Waals surface area contributed by atoms with E-state index in [1.807, 2.05) is 0 Å². The van der Waals surface area contributed by atoms with Crippen molar-refractivity contribution in [3.05, 3.63) is 33.4 Å². The first kappa shape index (κ1) is 11.9. The van der Waals surface area contributed by atoms with Crippen LogP contribution in [0.5, 0.6) is 0 Å². The summed E-state index contributed by atoms with van der Waals surface area (Å²) in [6.45, 7) is 3.86. The molecule has 0 aliphatic rings.